The fourth-order valence-electron chi connectivity index (χ4n) is 4.76. The third-order valence-electron chi connectivity index (χ3n) is 7.09. The quantitative estimate of drug-likeness (QED) is 0.449. The zero-order chi connectivity index (χ0) is 26.6. The molecule has 9 heteroatoms. The highest BCUT2D eigenvalue weighted by atomic mass is 16.5. The molecule has 1 aromatic carbocycles. The van der Waals surface area contributed by atoms with E-state index in [4.69, 9.17) is 4.74 Å². The summed E-state index contributed by atoms with van der Waals surface area (Å²) in [5, 5.41) is 0. The standard InChI is InChI=1S/C29H40N6O3/c1-25-23-31-27(24-30-25)29(37)35(13-6-12-33-19-21-38-22-20-33)14-10-28(36)34-17-15-32(16-18-34)11-5-9-26-7-3-2-4-8-26/h2-5,7-9,23-24H,6,10-22H2,1H3. The van der Waals surface area contributed by atoms with E-state index in [1.54, 1.807) is 11.1 Å². The first kappa shape index (κ1) is 27.9. The van der Waals surface area contributed by atoms with Crippen LogP contribution in [0, 0.1) is 6.92 Å². The molecule has 0 radical (unpaired) electrons. The van der Waals surface area contributed by atoms with E-state index < -0.39 is 0 Å². The molecule has 204 valence electrons. The first-order chi connectivity index (χ1) is 18.6. The molecule has 2 aliphatic rings. The highest BCUT2D eigenvalue weighted by Gasteiger charge is 2.23. The van der Waals surface area contributed by atoms with Gasteiger partial charge in [-0.2, -0.15) is 0 Å². The van der Waals surface area contributed by atoms with Gasteiger partial charge >= 0.3 is 0 Å². The molecule has 2 aromatic rings. The summed E-state index contributed by atoms with van der Waals surface area (Å²) in [6.07, 6.45) is 8.62. The molecule has 2 saturated heterocycles. The van der Waals surface area contributed by atoms with Crippen molar-refractivity contribution in [3.8, 4) is 0 Å². The topological polar surface area (TPSA) is 82.1 Å². The third kappa shape index (κ3) is 8.72. The van der Waals surface area contributed by atoms with Gasteiger partial charge in [0.1, 0.15) is 5.69 Å². The Morgan fingerprint density at radius 2 is 1.71 bits per heavy atom. The van der Waals surface area contributed by atoms with Crippen LogP contribution >= 0.6 is 0 Å². The zero-order valence-corrected chi connectivity index (χ0v) is 22.5. The minimum atomic E-state index is -0.165. The summed E-state index contributed by atoms with van der Waals surface area (Å²) in [7, 11) is 0. The molecule has 9 nitrogen and oxygen atoms in total. The van der Waals surface area contributed by atoms with Crippen LogP contribution in [-0.2, 0) is 9.53 Å². The van der Waals surface area contributed by atoms with Crippen molar-refractivity contribution in [2.75, 3.05) is 78.7 Å². The van der Waals surface area contributed by atoms with Gasteiger partial charge in [0.15, 0.2) is 0 Å². The number of hydrogen-bond acceptors (Lipinski definition) is 7. The van der Waals surface area contributed by atoms with E-state index in [9.17, 15) is 9.59 Å². The Morgan fingerprint density at radius 3 is 2.42 bits per heavy atom. The number of aromatic nitrogens is 2. The second-order valence-corrected chi connectivity index (χ2v) is 9.89. The van der Waals surface area contributed by atoms with Crippen LogP contribution in [0.5, 0.6) is 0 Å². The van der Waals surface area contributed by atoms with E-state index in [1.807, 2.05) is 30.0 Å². The van der Waals surface area contributed by atoms with Gasteiger partial charge < -0.3 is 14.5 Å². The summed E-state index contributed by atoms with van der Waals surface area (Å²) in [6.45, 7) is 11.1. The van der Waals surface area contributed by atoms with E-state index in [0.29, 0.717) is 38.3 Å². The minimum absolute atomic E-state index is 0.102. The molecule has 0 spiro atoms. The summed E-state index contributed by atoms with van der Waals surface area (Å²) >= 11 is 0. The van der Waals surface area contributed by atoms with Crippen molar-refractivity contribution in [2.45, 2.75) is 19.8 Å². The van der Waals surface area contributed by atoms with Crippen molar-refractivity contribution >= 4 is 17.9 Å². The molecular formula is C29H40N6O3. The van der Waals surface area contributed by atoms with Gasteiger partial charge in [0.05, 0.1) is 25.1 Å². The van der Waals surface area contributed by atoms with Crippen LogP contribution < -0.4 is 0 Å². The average molecular weight is 521 g/mol. The van der Waals surface area contributed by atoms with Crippen molar-refractivity contribution in [2.24, 2.45) is 0 Å². The lowest BCUT2D eigenvalue weighted by Gasteiger charge is -2.34. The monoisotopic (exact) mass is 520 g/mol. The number of aryl methyl sites for hydroxylation is 1. The van der Waals surface area contributed by atoms with Crippen molar-refractivity contribution < 1.29 is 14.3 Å². The van der Waals surface area contributed by atoms with E-state index in [2.05, 4.69) is 44.1 Å². The lowest BCUT2D eigenvalue weighted by Crippen LogP contribution is -2.49. The minimum Gasteiger partial charge on any atom is -0.379 e. The second-order valence-electron chi connectivity index (χ2n) is 9.89. The molecule has 0 aliphatic carbocycles. The molecule has 2 fully saturated rings. The number of morpholine rings is 1. The number of carbonyl (C=O) groups excluding carboxylic acids is 2. The van der Waals surface area contributed by atoms with Gasteiger partial charge in [-0.15, -0.1) is 0 Å². The molecule has 1 aromatic heterocycles. The Hall–Kier alpha value is -3.14. The van der Waals surface area contributed by atoms with E-state index >= 15 is 0 Å². The van der Waals surface area contributed by atoms with Crippen LogP contribution in [-0.4, -0.2) is 120 Å². The van der Waals surface area contributed by atoms with Gasteiger partial charge in [0.25, 0.3) is 5.91 Å². The number of ether oxygens (including phenoxy) is 1. The van der Waals surface area contributed by atoms with E-state index in [-0.39, 0.29) is 11.8 Å². The Morgan fingerprint density at radius 1 is 0.947 bits per heavy atom. The molecule has 0 N–H and O–H groups in total. The Bertz CT molecular complexity index is 1030. The third-order valence-corrected chi connectivity index (χ3v) is 7.09. The maximum atomic E-state index is 13.2. The number of hydrogen-bond donors (Lipinski definition) is 0. The van der Waals surface area contributed by atoms with Gasteiger partial charge in [0, 0.05) is 78.1 Å². The molecule has 2 amide bonds. The number of carbonyl (C=O) groups is 2. The van der Waals surface area contributed by atoms with Crippen molar-refractivity contribution in [3.05, 3.63) is 65.8 Å². The maximum Gasteiger partial charge on any atom is 0.274 e. The summed E-state index contributed by atoms with van der Waals surface area (Å²) < 4.78 is 5.43. The molecule has 3 heterocycles. The average Bonchev–Trinajstić information content (AvgIpc) is 2.96. The van der Waals surface area contributed by atoms with Gasteiger partial charge in [-0.25, -0.2) is 4.98 Å². The number of amides is 2. The molecule has 0 unspecified atom stereocenters. The SMILES string of the molecule is Cc1cnc(C(=O)N(CCCN2CCOCC2)CCC(=O)N2CCN(CC=Cc3ccccc3)CC2)cn1. The molecule has 38 heavy (non-hydrogen) atoms. The van der Waals surface area contributed by atoms with Crippen LogP contribution in [0.4, 0.5) is 0 Å². The van der Waals surface area contributed by atoms with Crippen LogP contribution in [0.15, 0.2) is 48.8 Å². The van der Waals surface area contributed by atoms with Gasteiger partial charge in [-0.1, -0.05) is 42.5 Å². The highest BCUT2D eigenvalue weighted by Crippen LogP contribution is 2.09. The molecule has 4 rings (SSSR count). The van der Waals surface area contributed by atoms with Gasteiger partial charge in [-0.05, 0) is 18.9 Å². The second kappa shape index (κ2) is 14.7. The number of benzene rings is 1. The predicted molar refractivity (Wildman–Crippen MR) is 148 cm³/mol. The maximum absolute atomic E-state index is 13.2. The van der Waals surface area contributed by atoms with Crippen molar-refractivity contribution in [1.29, 1.82) is 0 Å². The molecule has 0 bridgehead atoms. The highest BCUT2D eigenvalue weighted by molar-refractivity contribution is 5.92. The van der Waals surface area contributed by atoms with E-state index in [1.165, 1.54) is 11.8 Å². The lowest BCUT2D eigenvalue weighted by atomic mass is 10.2. The van der Waals surface area contributed by atoms with Crippen molar-refractivity contribution in [1.82, 2.24) is 29.6 Å². The smallest absolute Gasteiger partial charge is 0.274 e. The summed E-state index contributed by atoms with van der Waals surface area (Å²) in [6, 6.07) is 10.3. The molecule has 0 saturated carbocycles. The fourth-order valence-corrected chi connectivity index (χ4v) is 4.76. The first-order valence-corrected chi connectivity index (χ1v) is 13.7. The molecule has 0 atom stereocenters. The summed E-state index contributed by atoms with van der Waals surface area (Å²) in [5.41, 5.74) is 2.29. The van der Waals surface area contributed by atoms with Crippen LogP contribution in [0.3, 0.4) is 0 Å². The molecule has 2 aliphatic heterocycles. The summed E-state index contributed by atoms with van der Waals surface area (Å²) in [4.78, 5) is 43.2. The van der Waals surface area contributed by atoms with Crippen LogP contribution in [0.1, 0.15) is 34.6 Å². The first-order valence-electron chi connectivity index (χ1n) is 13.7. The Labute approximate surface area is 226 Å². The summed E-state index contributed by atoms with van der Waals surface area (Å²) in [5.74, 6) is -0.0623. The van der Waals surface area contributed by atoms with Crippen LogP contribution in [0.25, 0.3) is 6.08 Å². The largest absolute Gasteiger partial charge is 0.379 e. The number of rotatable bonds is 11. The molecular weight excluding hydrogens is 480 g/mol. The Balaban J connectivity index is 1.24. The number of piperazine rings is 1. The van der Waals surface area contributed by atoms with E-state index in [0.717, 1.165) is 64.6 Å². The van der Waals surface area contributed by atoms with Gasteiger partial charge in [-0.3, -0.25) is 24.4 Å². The van der Waals surface area contributed by atoms with Crippen LogP contribution in [0.2, 0.25) is 0 Å². The predicted octanol–water partition coefficient (Wildman–Crippen LogP) is 2.20. The normalized spacial score (nSPS) is 17.1. The fraction of sp³-hybridized carbons (Fsp3) is 0.517. The Kier molecular flexibility index (Phi) is 10.8. The zero-order valence-electron chi connectivity index (χ0n) is 22.5. The lowest BCUT2D eigenvalue weighted by molar-refractivity contribution is -0.133. The number of nitrogens with zero attached hydrogens (tertiary/aromatic N) is 6. The van der Waals surface area contributed by atoms with Crippen molar-refractivity contribution in [3.63, 3.8) is 0 Å². The van der Waals surface area contributed by atoms with Gasteiger partial charge in [0.2, 0.25) is 5.91 Å².